The van der Waals surface area contributed by atoms with Crippen LogP contribution in [-0.2, 0) is 65.4 Å². The number of esters is 4. The third-order valence-electron chi connectivity index (χ3n) is 20.6. The Kier molecular flexibility index (Phi) is 73.7. The lowest BCUT2D eigenvalue weighted by atomic mass is 9.99. The number of phosphoric ester groups is 2. The average molecular weight is 1520 g/mol. The standard InChI is InChI=1S/C85H166O17P2/c1-8-11-12-13-14-15-16-21-31-38-45-52-59-66-82(87)95-72-81(102-85(90)69-62-55-48-41-34-27-26-28-35-42-49-56-63-76(4)5)75-100-104(93,94)98-71-79(86)70-97-103(91,92)99-74-80(101-84(89)68-61-54-47-40-33-25-20-18-23-30-37-44-51-58-65-78(7)10-3)73-96-83(88)67-60-53-46-39-32-24-19-17-22-29-36-43-50-57-64-77(6)9-2/h76-81,86H,8-75H2,1-7H3,(H,91,92)(H,93,94)/t77?,78?,79-,80-,81-/m1/s1. The number of aliphatic hydroxyl groups is 1. The zero-order valence-corrected chi connectivity index (χ0v) is 70.3. The maximum atomic E-state index is 13.1. The number of rotatable bonds is 83. The number of hydrogen-bond donors (Lipinski definition) is 3. The molecular weight excluding hydrogens is 1350 g/mol. The van der Waals surface area contributed by atoms with Crippen molar-refractivity contribution in [2.24, 2.45) is 17.8 Å². The van der Waals surface area contributed by atoms with Gasteiger partial charge in [-0.3, -0.25) is 37.3 Å². The molecule has 0 saturated carbocycles. The summed E-state index contributed by atoms with van der Waals surface area (Å²) in [6.07, 6.45) is 64.9. The summed E-state index contributed by atoms with van der Waals surface area (Å²) in [5.74, 6) is 0.369. The van der Waals surface area contributed by atoms with Gasteiger partial charge >= 0.3 is 39.5 Å². The first-order chi connectivity index (χ1) is 50.3. The van der Waals surface area contributed by atoms with Crippen LogP contribution in [0.3, 0.4) is 0 Å². The summed E-state index contributed by atoms with van der Waals surface area (Å²) in [5, 5.41) is 10.7. The molecule has 618 valence electrons. The van der Waals surface area contributed by atoms with Crippen molar-refractivity contribution in [3.05, 3.63) is 0 Å². The molecule has 3 N–H and O–H groups in total. The molecule has 104 heavy (non-hydrogen) atoms. The van der Waals surface area contributed by atoms with Crippen molar-refractivity contribution in [1.82, 2.24) is 0 Å². The van der Waals surface area contributed by atoms with Crippen LogP contribution in [0.15, 0.2) is 0 Å². The van der Waals surface area contributed by atoms with Crippen LogP contribution in [0.2, 0.25) is 0 Å². The Balaban J connectivity index is 5.28. The summed E-state index contributed by atoms with van der Waals surface area (Å²) in [6, 6.07) is 0. The highest BCUT2D eigenvalue weighted by Crippen LogP contribution is 2.45. The van der Waals surface area contributed by atoms with Gasteiger partial charge in [0, 0.05) is 25.7 Å². The summed E-state index contributed by atoms with van der Waals surface area (Å²) >= 11 is 0. The molecule has 0 aromatic carbocycles. The zero-order chi connectivity index (χ0) is 76.5. The molecule has 0 aliphatic heterocycles. The fourth-order valence-corrected chi connectivity index (χ4v) is 14.7. The minimum atomic E-state index is -4.97. The normalized spacial score (nSPS) is 14.4. The minimum absolute atomic E-state index is 0.107. The van der Waals surface area contributed by atoms with E-state index in [0.29, 0.717) is 25.7 Å². The number of hydrogen-bond acceptors (Lipinski definition) is 15. The Morgan fingerprint density at radius 2 is 0.490 bits per heavy atom. The number of ether oxygens (including phenoxy) is 4. The highest BCUT2D eigenvalue weighted by molar-refractivity contribution is 7.47. The summed E-state index contributed by atoms with van der Waals surface area (Å²) < 4.78 is 68.9. The van der Waals surface area contributed by atoms with E-state index in [4.69, 9.17) is 37.0 Å². The van der Waals surface area contributed by atoms with E-state index in [1.807, 2.05) is 0 Å². The second-order valence-corrected chi connectivity index (χ2v) is 34.4. The van der Waals surface area contributed by atoms with Crippen molar-refractivity contribution in [3.8, 4) is 0 Å². The minimum Gasteiger partial charge on any atom is -0.462 e. The van der Waals surface area contributed by atoms with E-state index in [1.165, 1.54) is 257 Å². The Hall–Kier alpha value is -1.94. The molecule has 0 spiro atoms. The summed E-state index contributed by atoms with van der Waals surface area (Å²) in [4.78, 5) is 73.2. The Morgan fingerprint density at radius 1 is 0.279 bits per heavy atom. The van der Waals surface area contributed by atoms with Crippen LogP contribution in [0.4, 0.5) is 0 Å². The second kappa shape index (κ2) is 75.1. The predicted octanol–water partition coefficient (Wildman–Crippen LogP) is 25.7. The Morgan fingerprint density at radius 3 is 0.731 bits per heavy atom. The maximum Gasteiger partial charge on any atom is 0.472 e. The first-order valence-corrected chi connectivity index (χ1v) is 46.9. The molecule has 0 aromatic heterocycles. The fourth-order valence-electron chi connectivity index (χ4n) is 13.1. The van der Waals surface area contributed by atoms with Crippen molar-refractivity contribution < 1.29 is 80.2 Å². The molecule has 4 unspecified atom stereocenters. The van der Waals surface area contributed by atoms with E-state index in [0.717, 1.165) is 108 Å². The van der Waals surface area contributed by atoms with E-state index in [2.05, 4.69) is 48.5 Å². The second-order valence-electron chi connectivity index (χ2n) is 31.5. The van der Waals surface area contributed by atoms with Gasteiger partial charge in [-0.1, -0.05) is 395 Å². The number of aliphatic hydroxyl groups excluding tert-OH is 1. The van der Waals surface area contributed by atoms with E-state index in [9.17, 15) is 43.2 Å². The van der Waals surface area contributed by atoms with Crippen molar-refractivity contribution in [2.45, 2.75) is 465 Å². The van der Waals surface area contributed by atoms with Gasteiger partial charge in [-0.25, -0.2) is 9.13 Å². The number of unbranched alkanes of at least 4 members (excludes halogenated alkanes) is 49. The first-order valence-electron chi connectivity index (χ1n) is 43.9. The first kappa shape index (κ1) is 102. The van der Waals surface area contributed by atoms with Crippen LogP contribution in [0, 0.1) is 17.8 Å². The quantitative estimate of drug-likeness (QED) is 0.0222. The molecule has 0 aliphatic rings. The number of carbonyl (C=O) groups excluding carboxylic acids is 4. The summed E-state index contributed by atoms with van der Waals surface area (Å²) in [5.41, 5.74) is 0. The average Bonchev–Trinajstić information content (AvgIpc) is 0.962. The van der Waals surface area contributed by atoms with Crippen LogP contribution in [-0.4, -0.2) is 96.7 Å². The third-order valence-corrected chi connectivity index (χ3v) is 22.5. The van der Waals surface area contributed by atoms with Crippen LogP contribution < -0.4 is 0 Å². The van der Waals surface area contributed by atoms with Crippen molar-refractivity contribution in [1.29, 1.82) is 0 Å². The highest BCUT2D eigenvalue weighted by Gasteiger charge is 2.30. The molecule has 0 bridgehead atoms. The number of carbonyl (C=O) groups is 4. The smallest absolute Gasteiger partial charge is 0.462 e. The SMILES string of the molecule is CCCCCCCCCCCCCCCC(=O)OC[C@H](COP(=O)(O)OC[C@H](O)COP(=O)(O)OC[C@@H](COC(=O)CCCCCCCCCCCCCCCCC(C)CC)OC(=O)CCCCCCCCCCCCCCCCC(C)CC)OC(=O)CCCCCCCCCCCCCCC(C)C. The largest absolute Gasteiger partial charge is 0.472 e. The molecule has 7 atom stereocenters. The van der Waals surface area contributed by atoms with Gasteiger partial charge in [-0.05, 0) is 43.4 Å². The van der Waals surface area contributed by atoms with E-state index >= 15 is 0 Å². The lowest BCUT2D eigenvalue weighted by molar-refractivity contribution is -0.161. The lowest BCUT2D eigenvalue weighted by Gasteiger charge is -2.21. The van der Waals surface area contributed by atoms with E-state index < -0.39 is 97.5 Å². The van der Waals surface area contributed by atoms with Crippen LogP contribution in [0.1, 0.15) is 447 Å². The molecule has 0 rings (SSSR count). The van der Waals surface area contributed by atoms with Crippen LogP contribution >= 0.6 is 15.6 Å². The fraction of sp³-hybridized carbons (Fsp3) is 0.953. The topological polar surface area (TPSA) is 237 Å². The Labute approximate surface area is 638 Å². The van der Waals surface area contributed by atoms with Gasteiger partial charge in [-0.15, -0.1) is 0 Å². The number of phosphoric acid groups is 2. The molecule has 0 radical (unpaired) electrons. The summed E-state index contributed by atoms with van der Waals surface area (Å²) in [6.45, 7) is 12.1. The molecule has 17 nitrogen and oxygen atoms in total. The Bertz CT molecular complexity index is 2010. The summed E-state index contributed by atoms with van der Waals surface area (Å²) in [7, 11) is -9.93. The monoisotopic (exact) mass is 1520 g/mol. The van der Waals surface area contributed by atoms with Gasteiger partial charge in [-0.2, -0.15) is 0 Å². The van der Waals surface area contributed by atoms with Crippen LogP contribution in [0.25, 0.3) is 0 Å². The highest BCUT2D eigenvalue weighted by atomic mass is 31.2. The van der Waals surface area contributed by atoms with Gasteiger partial charge in [0.2, 0.25) is 0 Å². The van der Waals surface area contributed by atoms with Gasteiger partial charge < -0.3 is 33.8 Å². The van der Waals surface area contributed by atoms with Crippen molar-refractivity contribution in [3.63, 3.8) is 0 Å². The van der Waals surface area contributed by atoms with Crippen LogP contribution in [0.5, 0.6) is 0 Å². The third kappa shape index (κ3) is 75.5. The molecular formula is C85H166O17P2. The maximum absolute atomic E-state index is 13.1. The molecule has 19 heteroatoms. The molecule has 0 fully saturated rings. The van der Waals surface area contributed by atoms with Gasteiger partial charge in [0.05, 0.1) is 26.4 Å². The molecule has 0 heterocycles. The molecule has 0 saturated heterocycles. The lowest BCUT2D eigenvalue weighted by Crippen LogP contribution is -2.30. The molecule has 0 aliphatic carbocycles. The van der Waals surface area contributed by atoms with E-state index in [1.54, 1.807) is 0 Å². The predicted molar refractivity (Wildman–Crippen MR) is 428 cm³/mol. The van der Waals surface area contributed by atoms with Gasteiger partial charge in [0.15, 0.2) is 12.2 Å². The van der Waals surface area contributed by atoms with Crippen molar-refractivity contribution >= 4 is 39.5 Å². The van der Waals surface area contributed by atoms with Gasteiger partial charge in [0.25, 0.3) is 0 Å². The molecule has 0 amide bonds. The van der Waals surface area contributed by atoms with Gasteiger partial charge in [0.1, 0.15) is 19.3 Å². The zero-order valence-electron chi connectivity index (χ0n) is 68.5. The van der Waals surface area contributed by atoms with E-state index in [-0.39, 0.29) is 25.7 Å². The molecule has 0 aromatic rings. The van der Waals surface area contributed by atoms with Crippen molar-refractivity contribution in [2.75, 3.05) is 39.6 Å².